The number of rotatable bonds is 4. The normalized spacial score (nSPS) is 34.9. The minimum absolute atomic E-state index is 0.0197. The molecule has 0 aromatic rings. The summed E-state index contributed by atoms with van der Waals surface area (Å²) in [7, 11) is 0. The summed E-state index contributed by atoms with van der Waals surface area (Å²) in [5.74, 6) is 0. The van der Waals surface area contributed by atoms with Gasteiger partial charge in [-0.15, -0.1) is 0 Å². The first-order chi connectivity index (χ1) is 7.49. The fourth-order valence-electron chi connectivity index (χ4n) is 2.90. The molecule has 0 aromatic heterocycles. The minimum atomic E-state index is -0.331. The van der Waals surface area contributed by atoms with Crippen LogP contribution in [-0.2, 0) is 9.59 Å². The summed E-state index contributed by atoms with van der Waals surface area (Å²) >= 11 is 0. The van der Waals surface area contributed by atoms with Crippen molar-refractivity contribution in [3.63, 3.8) is 0 Å². The summed E-state index contributed by atoms with van der Waals surface area (Å²) in [6.07, 6.45) is 6.66. The van der Waals surface area contributed by atoms with Gasteiger partial charge in [0.25, 0.3) is 0 Å². The summed E-state index contributed by atoms with van der Waals surface area (Å²) in [6, 6.07) is -0.0197. The molecule has 4 nitrogen and oxygen atoms in total. The van der Waals surface area contributed by atoms with Crippen molar-refractivity contribution in [3.05, 3.63) is 0 Å². The molecule has 0 aliphatic heterocycles. The molecule has 1 rings (SSSR count). The number of hydrogen-bond acceptors (Lipinski definition) is 4. The average Bonchev–Trinajstić information content (AvgIpc) is 2.53. The van der Waals surface area contributed by atoms with Crippen LogP contribution in [0.4, 0.5) is 0 Å². The van der Waals surface area contributed by atoms with Gasteiger partial charge in [-0.25, -0.2) is 14.6 Å². The maximum Gasteiger partial charge on any atom is 0.235 e. The summed E-state index contributed by atoms with van der Waals surface area (Å²) in [4.78, 5) is 28.5. The Bertz CT molecular complexity index is 356. The lowest BCUT2D eigenvalue weighted by Crippen LogP contribution is -2.30. The maximum absolute atomic E-state index is 10.4. The van der Waals surface area contributed by atoms with Crippen LogP contribution in [0.5, 0.6) is 0 Å². The van der Waals surface area contributed by atoms with Gasteiger partial charge in [-0.2, -0.15) is 4.99 Å². The van der Waals surface area contributed by atoms with E-state index in [1.54, 1.807) is 12.2 Å². The molecule has 0 aromatic carbocycles. The molecule has 0 N–H and O–H groups in total. The fourth-order valence-corrected chi connectivity index (χ4v) is 2.90. The van der Waals surface area contributed by atoms with Crippen LogP contribution in [0.15, 0.2) is 9.98 Å². The smallest absolute Gasteiger partial charge is 0.211 e. The monoisotopic (exact) mass is 222 g/mol. The molecular formula is C12H18N2O2. The molecule has 4 heteroatoms. The van der Waals surface area contributed by atoms with E-state index in [0.717, 1.165) is 25.7 Å². The van der Waals surface area contributed by atoms with Crippen molar-refractivity contribution in [1.29, 1.82) is 0 Å². The average molecular weight is 222 g/mol. The minimum Gasteiger partial charge on any atom is -0.211 e. The van der Waals surface area contributed by atoms with Crippen LogP contribution in [-0.4, -0.2) is 23.7 Å². The van der Waals surface area contributed by atoms with Crippen molar-refractivity contribution in [2.75, 3.05) is 0 Å². The Balaban J connectivity index is 2.89. The zero-order valence-corrected chi connectivity index (χ0v) is 10.1. The van der Waals surface area contributed by atoms with Crippen molar-refractivity contribution in [3.8, 4) is 0 Å². The quantitative estimate of drug-likeness (QED) is 0.541. The lowest BCUT2D eigenvalue weighted by Gasteiger charge is -2.30. The summed E-state index contributed by atoms with van der Waals surface area (Å²) in [6.45, 7) is 6.07. The van der Waals surface area contributed by atoms with Crippen molar-refractivity contribution < 1.29 is 9.59 Å². The lowest BCUT2D eigenvalue weighted by atomic mass is 9.78. The van der Waals surface area contributed by atoms with E-state index >= 15 is 0 Å². The van der Waals surface area contributed by atoms with Crippen LogP contribution in [0.3, 0.4) is 0 Å². The maximum atomic E-state index is 10.4. The van der Waals surface area contributed by atoms with Crippen molar-refractivity contribution in [2.45, 2.75) is 58.0 Å². The van der Waals surface area contributed by atoms with E-state index in [9.17, 15) is 9.59 Å². The van der Waals surface area contributed by atoms with Crippen LogP contribution in [0.25, 0.3) is 0 Å². The topological polar surface area (TPSA) is 58.9 Å². The molecule has 1 saturated carbocycles. The first kappa shape index (κ1) is 12.8. The molecule has 1 aliphatic rings. The largest absolute Gasteiger partial charge is 0.235 e. The highest BCUT2D eigenvalue weighted by Gasteiger charge is 2.46. The molecule has 3 atom stereocenters. The molecule has 0 saturated heterocycles. The lowest BCUT2D eigenvalue weighted by molar-refractivity contribution is 0.242. The standard InChI is InChI=1S/C12H18N2O2/c1-4-10(13-8-15)11(2)5-6-12(3,7-11)14-9-16/h10H,4-7H2,1-3H3. The number of aliphatic imine (C=N–C) groups is 2. The SMILES string of the molecule is CCC(N=C=O)C1(C)CCC(C)(N=C=O)C1. The van der Waals surface area contributed by atoms with Gasteiger partial charge in [-0.3, -0.25) is 0 Å². The van der Waals surface area contributed by atoms with E-state index in [4.69, 9.17) is 0 Å². The molecule has 0 heterocycles. The summed E-state index contributed by atoms with van der Waals surface area (Å²) in [5.41, 5.74) is -0.385. The van der Waals surface area contributed by atoms with Crippen LogP contribution in [0.1, 0.15) is 46.5 Å². The fraction of sp³-hybridized carbons (Fsp3) is 0.833. The molecule has 1 aliphatic carbocycles. The molecule has 88 valence electrons. The van der Waals surface area contributed by atoms with Gasteiger partial charge in [0.15, 0.2) is 0 Å². The van der Waals surface area contributed by atoms with Crippen molar-refractivity contribution >= 4 is 12.2 Å². The Hall–Kier alpha value is -1.24. The highest BCUT2D eigenvalue weighted by atomic mass is 16.1. The second-order valence-corrected chi connectivity index (χ2v) is 5.18. The van der Waals surface area contributed by atoms with E-state index in [0.29, 0.717) is 0 Å². The molecule has 3 unspecified atom stereocenters. The van der Waals surface area contributed by atoms with E-state index < -0.39 is 0 Å². The third-order valence-corrected chi connectivity index (χ3v) is 3.73. The van der Waals surface area contributed by atoms with Crippen molar-refractivity contribution in [2.24, 2.45) is 15.4 Å². The molecular weight excluding hydrogens is 204 g/mol. The van der Waals surface area contributed by atoms with E-state index in [-0.39, 0.29) is 17.0 Å². The second kappa shape index (κ2) is 4.73. The molecule has 0 bridgehead atoms. The zero-order chi connectivity index (χ0) is 12.2. The number of carbonyl (C=O) groups excluding carboxylic acids is 2. The Labute approximate surface area is 95.9 Å². The number of isocyanates is 2. The third-order valence-electron chi connectivity index (χ3n) is 3.73. The summed E-state index contributed by atoms with van der Waals surface area (Å²) in [5, 5.41) is 0. The van der Waals surface area contributed by atoms with Crippen LogP contribution in [0, 0.1) is 5.41 Å². The predicted octanol–water partition coefficient (Wildman–Crippen LogP) is 2.39. The van der Waals surface area contributed by atoms with E-state index in [2.05, 4.69) is 16.9 Å². The van der Waals surface area contributed by atoms with Gasteiger partial charge < -0.3 is 0 Å². The number of hydrogen-bond donors (Lipinski definition) is 0. The molecule has 1 fully saturated rings. The second-order valence-electron chi connectivity index (χ2n) is 5.18. The Kier molecular flexibility index (Phi) is 3.79. The highest BCUT2D eigenvalue weighted by molar-refractivity contribution is 5.36. The van der Waals surface area contributed by atoms with Crippen LogP contribution < -0.4 is 0 Å². The predicted molar refractivity (Wildman–Crippen MR) is 60.7 cm³/mol. The highest BCUT2D eigenvalue weighted by Crippen LogP contribution is 2.49. The van der Waals surface area contributed by atoms with Crippen LogP contribution >= 0.6 is 0 Å². The van der Waals surface area contributed by atoms with Gasteiger partial charge in [0, 0.05) is 0 Å². The summed E-state index contributed by atoms with van der Waals surface area (Å²) < 4.78 is 0. The molecule has 0 spiro atoms. The Morgan fingerprint density at radius 3 is 2.44 bits per heavy atom. The van der Waals surface area contributed by atoms with Crippen LogP contribution in [0.2, 0.25) is 0 Å². The molecule has 0 radical (unpaired) electrons. The van der Waals surface area contributed by atoms with Crippen molar-refractivity contribution in [1.82, 2.24) is 0 Å². The Morgan fingerprint density at radius 1 is 1.25 bits per heavy atom. The molecule has 16 heavy (non-hydrogen) atoms. The van der Waals surface area contributed by atoms with Gasteiger partial charge in [0.1, 0.15) is 0 Å². The first-order valence-corrected chi connectivity index (χ1v) is 5.66. The van der Waals surface area contributed by atoms with Gasteiger partial charge >= 0.3 is 0 Å². The number of nitrogens with zero attached hydrogens (tertiary/aromatic N) is 2. The van der Waals surface area contributed by atoms with Gasteiger partial charge in [-0.05, 0) is 38.0 Å². The van der Waals surface area contributed by atoms with E-state index in [1.165, 1.54) is 0 Å². The van der Waals surface area contributed by atoms with E-state index in [1.807, 2.05) is 13.8 Å². The third kappa shape index (κ3) is 2.46. The van der Waals surface area contributed by atoms with Gasteiger partial charge in [0.05, 0.1) is 11.6 Å². The van der Waals surface area contributed by atoms with Gasteiger partial charge in [0.2, 0.25) is 12.2 Å². The Morgan fingerprint density at radius 2 is 1.94 bits per heavy atom. The zero-order valence-electron chi connectivity index (χ0n) is 10.1. The first-order valence-electron chi connectivity index (χ1n) is 5.66. The van der Waals surface area contributed by atoms with Gasteiger partial charge in [-0.1, -0.05) is 13.8 Å². The molecule has 0 amide bonds.